The average Bonchev–Trinajstić information content (AvgIpc) is 2.37. The summed E-state index contributed by atoms with van der Waals surface area (Å²) in [6.45, 7) is 5.37. The van der Waals surface area contributed by atoms with Crippen molar-refractivity contribution >= 4 is 17.8 Å². The third-order valence-electron chi connectivity index (χ3n) is 3.19. The van der Waals surface area contributed by atoms with Crippen molar-refractivity contribution < 1.29 is 19.1 Å². The minimum atomic E-state index is -0.602. The molecule has 0 bridgehead atoms. The maximum atomic E-state index is 12.3. The van der Waals surface area contributed by atoms with Crippen LogP contribution in [0.15, 0.2) is 24.3 Å². The maximum absolute atomic E-state index is 12.3. The van der Waals surface area contributed by atoms with Crippen molar-refractivity contribution in [1.29, 1.82) is 0 Å². The van der Waals surface area contributed by atoms with Gasteiger partial charge in [0.05, 0.1) is 11.5 Å². The van der Waals surface area contributed by atoms with Gasteiger partial charge in [0.15, 0.2) is 0 Å². The summed E-state index contributed by atoms with van der Waals surface area (Å²) in [6.07, 6.45) is 0.684. The first-order valence-corrected chi connectivity index (χ1v) is 6.94. The SMILES string of the molecule is CC(C)(C)OC(=O)c1ccccc1C1CCC(=O)NC1=O. The summed E-state index contributed by atoms with van der Waals surface area (Å²) in [4.78, 5) is 35.5. The van der Waals surface area contributed by atoms with Gasteiger partial charge >= 0.3 is 5.97 Å². The Bertz CT molecular complexity index is 586. The number of hydrogen-bond acceptors (Lipinski definition) is 4. The van der Waals surface area contributed by atoms with Crippen LogP contribution < -0.4 is 5.32 Å². The highest BCUT2D eigenvalue weighted by Gasteiger charge is 2.31. The number of piperidine rings is 1. The van der Waals surface area contributed by atoms with Crippen LogP contribution in [0.5, 0.6) is 0 Å². The molecule has 2 rings (SSSR count). The van der Waals surface area contributed by atoms with E-state index in [0.717, 1.165) is 0 Å². The van der Waals surface area contributed by atoms with Crippen LogP contribution in [0.2, 0.25) is 0 Å². The number of imide groups is 1. The fraction of sp³-hybridized carbons (Fsp3) is 0.438. The number of rotatable bonds is 2. The van der Waals surface area contributed by atoms with Gasteiger partial charge in [0.25, 0.3) is 0 Å². The van der Waals surface area contributed by atoms with Gasteiger partial charge in [-0.2, -0.15) is 0 Å². The monoisotopic (exact) mass is 289 g/mol. The second kappa shape index (κ2) is 5.68. The Morgan fingerprint density at radius 2 is 1.90 bits per heavy atom. The predicted molar refractivity (Wildman–Crippen MR) is 76.7 cm³/mol. The van der Waals surface area contributed by atoms with Gasteiger partial charge in [0.2, 0.25) is 11.8 Å². The fourth-order valence-electron chi connectivity index (χ4n) is 2.31. The highest BCUT2D eigenvalue weighted by atomic mass is 16.6. The summed E-state index contributed by atoms with van der Waals surface area (Å²) < 4.78 is 5.37. The molecule has 21 heavy (non-hydrogen) atoms. The summed E-state index contributed by atoms with van der Waals surface area (Å²) in [7, 11) is 0. The van der Waals surface area contributed by atoms with Crippen molar-refractivity contribution in [3.63, 3.8) is 0 Å². The van der Waals surface area contributed by atoms with Gasteiger partial charge in [-0.05, 0) is 38.8 Å². The minimum absolute atomic E-state index is 0.272. The van der Waals surface area contributed by atoms with Crippen molar-refractivity contribution in [3.05, 3.63) is 35.4 Å². The Hall–Kier alpha value is -2.17. The zero-order chi connectivity index (χ0) is 15.6. The Balaban J connectivity index is 2.31. The van der Waals surface area contributed by atoms with Crippen LogP contribution in [0, 0.1) is 0 Å². The lowest BCUT2D eigenvalue weighted by atomic mass is 9.87. The highest BCUT2D eigenvalue weighted by Crippen LogP contribution is 2.28. The minimum Gasteiger partial charge on any atom is -0.456 e. The molecule has 0 saturated carbocycles. The molecule has 5 heteroatoms. The average molecular weight is 289 g/mol. The number of carbonyl (C=O) groups excluding carboxylic acids is 3. The molecule has 1 aromatic rings. The first kappa shape index (κ1) is 15.2. The van der Waals surface area contributed by atoms with Crippen LogP contribution in [0.25, 0.3) is 0 Å². The molecule has 5 nitrogen and oxygen atoms in total. The highest BCUT2D eigenvalue weighted by molar-refractivity contribution is 6.02. The van der Waals surface area contributed by atoms with Crippen LogP contribution in [0.1, 0.15) is 55.5 Å². The molecule has 0 radical (unpaired) electrons. The van der Waals surface area contributed by atoms with E-state index in [1.54, 1.807) is 45.0 Å². The van der Waals surface area contributed by atoms with Crippen LogP contribution >= 0.6 is 0 Å². The first-order chi connectivity index (χ1) is 9.78. The van der Waals surface area contributed by atoms with E-state index < -0.39 is 17.5 Å². The molecule has 1 heterocycles. The van der Waals surface area contributed by atoms with Crippen LogP contribution in [-0.4, -0.2) is 23.4 Å². The smallest absolute Gasteiger partial charge is 0.338 e. The molecule has 1 aliphatic heterocycles. The topological polar surface area (TPSA) is 72.5 Å². The Morgan fingerprint density at radius 1 is 1.24 bits per heavy atom. The number of benzene rings is 1. The maximum Gasteiger partial charge on any atom is 0.338 e. The standard InChI is InChI=1S/C16H19NO4/c1-16(2,3)21-15(20)12-7-5-4-6-10(12)11-8-9-13(18)17-14(11)19/h4-7,11H,8-9H2,1-3H3,(H,17,18,19). The second-order valence-corrected chi connectivity index (χ2v) is 6.09. The third kappa shape index (κ3) is 3.68. The van der Waals surface area contributed by atoms with Crippen molar-refractivity contribution in [2.75, 3.05) is 0 Å². The van der Waals surface area contributed by atoms with Gasteiger partial charge < -0.3 is 4.74 Å². The normalized spacial score (nSPS) is 19.1. The number of hydrogen-bond donors (Lipinski definition) is 1. The van der Waals surface area contributed by atoms with Gasteiger partial charge in [-0.1, -0.05) is 18.2 Å². The third-order valence-corrected chi connectivity index (χ3v) is 3.19. The van der Waals surface area contributed by atoms with Crippen LogP contribution in [0.4, 0.5) is 0 Å². The van der Waals surface area contributed by atoms with Gasteiger partial charge in [-0.15, -0.1) is 0 Å². The summed E-state index contributed by atoms with van der Waals surface area (Å²) >= 11 is 0. The Labute approximate surface area is 123 Å². The molecule has 112 valence electrons. The van der Waals surface area contributed by atoms with Gasteiger partial charge in [-0.3, -0.25) is 14.9 Å². The molecule has 1 fully saturated rings. The molecule has 1 unspecified atom stereocenters. The molecule has 2 amide bonds. The molecule has 1 saturated heterocycles. The molecule has 0 aliphatic carbocycles. The largest absolute Gasteiger partial charge is 0.456 e. The molecule has 1 aliphatic rings. The number of esters is 1. The number of ether oxygens (including phenoxy) is 1. The Kier molecular flexibility index (Phi) is 4.11. The van der Waals surface area contributed by atoms with Gasteiger partial charge in [0.1, 0.15) is 5.60 Å². The summed E-state index contributed by atoms with van der Waals surface area (Å²) in [5, 5.41) is 2.31. The summed E-state index contributed by atoms with van der Waals surface area (Å²) in [5.41, 5.74) is 0.383. The number of carbonyl (C=O) groups is 3. The van der Waals surface area contributed by atoms with E-state index in [-0.39, 0.29) is 18.2 Å². The van der Waals surface area contributed by atoms with Crippen molar-refractivity contribution in [2.45, 2.75) is 45.1 Å². The van der Waals surface area contributed by atoms with Crippen LogP contribution in [0.3, 0.4) is 0 Å². The number of amides is 2. The zero-order valence-electron chi connectivity index (χ0n) is 12.4. The molecule has 0 spiro atoms. The molecular weight excluding hydrogens is 270 g/mol. The van der Waals surface area contributed by atoms with Crippen molar-refractivity contribution in [3.8, 4) is 0 Å². The predicted octanol–water partition coefficient (Wildman–Crippen LogP) is 2.16. The fourth-order valence-corrected chi connectivity index (χ4v) is 2.31. The van der Waals surface area contributed by atoms with Crippen molar-refractivity contribution in [2.24, 2.45) is 0 Å². The molecule has 1 aromatic carbocycles. The molecule has 1 atom stereocenters. The van der Waals surface area contributed by atoms with E-state index in [4.69, 9.17) is 4.74 Å². The van der Waals surface area contributed by atoms with Gasteiger partial charge in [0, 0.05) is 6.42 Å². The van der Waals surface area contributed by atoms with E-state index in [2.05, 4.69) is 5.32 Å². The van der Waals surface area contributed by atoms with E-state index in [9.17, 15) is 14.4 Å². The van der Waals surface area contributed by atoms with Crippen molar-refractivity contribution in [1.82, 2.24) is 5.32 Å². The first-order valence-electron chi connectivity index (χ1n) is 6.94. The Morgan fingerprint density at radius 3 is 2.52 bits per heavy atom. The lowest BCUT2D eigenvalue weighted by molar-refractivity contribution is -0.134. The van der Waals surface area contributed by atoms with E-state index in [1.807, 2.05) is 0 Å². The van der Waals surface area contributed by atoms with E-state index in [0.29, 0.717) is 17.5 Å². The molecular formula is C16H19NO4. The second-order valence-electron chi connectivity index (χ2n) is 6.09. The van der Waals surface area contributed by atoms with Gasteiger partial charge in [-0.25, -0.2) is 4.79 Å². The quantitative estimate of drug-likeness (QED) is 0.669. The van der Waals surface area contributed by atoms with E-state index >= 15 is 0 Å². The lowest BCUT2D eigenvalue weighted by Gasteiger charge is -2.24. The molecule has 0 aromatic heterocycles. The number of nitrogens with one attached hydrogen (secondary N) is 1. The lowest BCUT2D eigenvalue weighted by Crippen LogP contribution is -2.40. The van der Waals surface area contributed by atoms with E-state index in [1.165, 1.54) is 0 Å². The zero-order valence-corrected chi connectivity index (χ0v) is 12.4. The summed E-state index contributed by atoms with van der Waals surface area (Å²) in [5.74, 6) is -1.58. The van der Waals surface area contributed by atoms with Crippen LogP contribution in [-0.2, 0) is 14.3 Å². The summed E-state index contributed by atoms with van der Waals surface area (Å²) in [6, 6.07) is 6.88. The molecule has 1 N–H and O–H groups in total.